The van der Waals surface area contributed by atoms with Crippen LogP contribution in [0.2, 0.25) is 0 Å². The molecule has 10 heteroatoms. The topological polar surface area (TPSA) is 134 Å². The van der Waals surface area contributed by atoms with Crippen molar-refractivity contribution in [3.8, 4) is 0 Å². The van der Waals surface area contributed by atoms with Crippen LogP contribution in [0.1, 0.15) is 142 Å². The van der Waals surface area contributed by atoms with Crippen LogP contribution < -0.4 is 5.73 Å². The van der Waals surface area contributed by atoms with E-state index in [1.165, 1.54) is 19.3 Å². The molecule has 0 rings (SSSR count). The van der Waals surface area contributed by atoms with Crippen molar-refractivity contribution < 1.29 is 37.6 Å². The molecule has 9 nitrogen and oxygen atoms in total. The molecule has 0 radical (unpaired) electrons. The molecular weight excluding hydrogens is 665 g/mol. The zero-order valence-electron chi connectivity index (χ0n) is 31.8. The van der Waals surface area contributed by atoms with E-state index in [0.29, 0.717) is 12.8 Å². The van der Waals surface area contributed by atoms with Gasteiger partial charge >= 0.3 is 19.8 Å². The molecule has 0 aliphatic heterocycles. The third kappa shape index (κ3) is 37.0. The third-order valence-corrected chi connectivity index (χ3v) is 8.56. The van der Waals surface area contributed by atoms with Crippen LogP contribution in [-0.2, 0) is 32.7 Å². The summed E-state index contributed by atoms with van der Waals surface area (Å²) in [6.45, 7) is 3.49. The van der Waals surface area contributed by atoms with E-state index >= 15 is 0 Å². The van der Waals surface area contributed by atoms with E-state index in [1.54, 1.807) is 0 Å². The maximum absolute atomic E-state index is 12.5. The smallest absolute Gasteiger partial charge is 0.462 e. The molecule has 0 spiro atoms. The van der Waals surface area contributed by atoms with Crippen molar-refractivity contribution in [3.63, 3.8) is 0 Å². The first-order chi connectivity index (χ1) is 24.8. The minimum Gasteiger partial charge on any atom is -0.462 e. The molecule has 0 aromatic heterocycles. The minimum absolute atomic E-state index is 0.0408. The molecule has 292 valence electrons. The number of hydrogen-bond acceptors (Lipinski definition) is 8. The summed E-state index contributed by atoms with van der Waals surface area (Å²) in [5, 5.41) is 0. The molecule has 1 unspecified atom stereocenters. The molecule has 2 atom stereocenters. The number of phosphoric ester groups is 1. The van der Waals surface area contributed by atoms with Gasteiger partial charge in [-0.15, -0.1) is 0 Å². The highest BCUT2D eigenvalue weighted by atomic mass is 31.2. The molecule has 0 heterocycles. The molecule has 0 saturated carbocycles. The van der Waals surface area contributed by atoms with Crippen molar-refractivity contribution in [1.29, 1.82) is 0 Å². The first kappa shape index (κ1) is 48.5. The zero-order chi connectivity index (χ0) is 37.5. The Morgan fingerprint density at radius 2 is 1.08 bits per heavy atom. The maximum atomic E-state index is 12.5. The molecule has 0 aromatic carbocycles. The summed E-state index contributed by atoms with van der Waals surface area (Å²) in [7, 11) is -4.39. The highest BCUT2D eigenvalue weighted by Crippen LogP contribution is 2.43. The van der Waals surface area contributed by atoms with Crippen molar-refractivity contribution in [2.24, 2.45) is 5.73 Å². The van der Waals surface area contributed by atoms with Crippen LogP contribution in [0.4, 0.5) is 0 Å². The van der Waals surface area contributed by atoms with E-state index in [-0.39, 0.29) is 32.6 Å². The number of ether oxygens (including phenoxy) is 2. The summed E-state index contributed by atoms with van der Waals surface area (Å²) in [5.41, 5.74) is 5.33. The highest BCUT2D eigenvalue weighted by molar-refractivity contribution is 7.47. The first-order valence-electron chi connectivity index (χ1n) is 19.4. The summed E-state index contributed by atoms with van der Waals surface area (Å²) in [5.74, 6) is -0.902. The first-order valence-corrected chi connectivity index (χ1v) is 20.9. The van der Waals surface area contributed by atoms with Gasteiger partial charge in [0.15, 0.2) is 6.10 Å². The third-order valence-electron chi connectivity index (χ3n) is 7.58. The Morgan fingerprint density at radius 1 is 0.608 bits per heavy atom. The van der Waals surface area contributed by atoms with E-state index in [1.807, 2.05) is 0 Å². The molecule has 0 aliphatic carbocycles. The number of unbranched alkanes of at least 4 members (excludes halogenated alkanes) is 10. The van der Waals surface area contributed by atoms with Gasteiger partial charge in [0.25, 0.3) is 0 Å². The summed E-state index contributed by atoms with van der Waals surface area (Å²) < 4.78 is 32.6. The van der Waals surface area contributed by atoms with E-state index in [2.05, 4.69) is 86.8 Å². The Hall–Kier alpha value is -2.55. The maximum Gasteiger partial charge on any atom is 0.472 e. The lowest BCUT2D eigenvalue weighted by atomic mass is 10.1. The lowest BCUT2D eigenvalue weighted by molar-refractivity contribution is -0.161. The van der Waals surface area contributed by atoms with Gasteiger partial charge in [-0.05, 0) is 83.5 Å². The fourth-order valence-corrected chi connectivity index (χ4v) is 5.48. The minimum atomic E-state index is -4.39. The average molecular weight is 736 g/mol. The normalized spacial score (nSPS) is 14.2. The summed E-state index contributed by atoms with van der Waals surface area (Å²) in [6, 6.07) is 0. The number of carbonyl (C=O) groups excluding carboxylic acids is 2. The van der Waals surface area contributed by atoms with Crippen molar-refractivity contribution >= 4 is 19.8 Å². The Kier molecular flexibility index (Phi) is 35.4. The summed E-state index contributed by atoms with van der Waals surface area (Å²) in [4.78, 5) is 34.7. The molecule has 3 N–H and O–H groups in total. The molecule has 0 aromatic rings. The average Bonchev–Trinajstić information content (AvgIpc) is 3.11. The van der Waals surface area contributed by atoms with Gasteiger partial charge in [0.1, 0.15) is 6.61 Å². The van der Waals surface area contributed by atoms with Crippen LogP contribution in [0.15, 0.2) is 72.9 Å². The van der Waals surface area contributed by atoms with Gasteiger partial charge in [0.05, 0.1) is 13.2 Å². The van der Waals surface area contributed by atoms with Gasteiger partial charge in [-0.3, -0.25) is 18.6 Å². The lowest BCUT2D eigenvalue weighted by Gasteiger charge is -2.19. The second-order valence-corrected chi connectivity index (χ2v) is 13.9. The second-order valence-electron chi connectivity index (χ2n) is 12.4. The zero-order valence-corrected chi connectivity index (χ0v) is 32.7. The standard InChI is InChI=1S/C41H70NO8P/c1-3-5-7-9-11-13-15-17-19-21-23-25-27-29-31-33-40(43)47-37-39(38-49-51(45,46)48-36-35-42)50-41(44)34-32-30-28-26-24-22-20-18-16-14-12-10-8-6-4-2/h5,7,11-14,17-20,24,26,39H,3-4,6,8-10,15-16,21-23,25,27-38,42H2,1-2H3,(H,45,46)/b7-5-,13-11-,14-12-,19-17-,20-18-,26-24-/t39-/m1/s1. The van der Waals surface area contributed by atoms with Crippen molar-refractivity contribution in [2.75, 3.05) is 26.4 Å². The number of rotatable bonds is 35. The molecule has 0 aliphatic rings. The van der Waals surface area contributed by atoms with Gasteiger partial charge in [-0.2, -0.15) is 0 Å². The quantitative estimate of drug-likeness (QED) is 0.0282. The largest absolute Gasteiger partial charge is 0.472 e. The Bertz CT molecular complexity index is 1070. The fourth-order valence-electron chi connectivity index (χ4n) is 4.71. The summed E-state index contributed by atoms with van der Waals surface area (Å²) >= 11 is 0. The van der Waals surface area contributed by atoms with Gasteiger partial charge in [0.2, 0.25) is 0 Å². The molecule has 0 saturated heterocycles. The van der Waals surface area contributed by atoms with Crippen LogP contribution in [0, 0.1) is 0 Å². The van der Waals surface area contributed by atoms with E-state index < -0.39 is 32.5 Å². The van der Waals surface area contributed by atoms with Crippen LogP contribution in [-0.4, -0.2) is 49.3 Å². The van der Waals surface area contributed by atoms with Gasteiger partial charge < -0.3 is 20.1 Å². The van der Waals surface area contributed by atoms with E-state index in [4.69, 9.17) is 24.3 Å². The highest BCUT2D eigenvalue weighted by Gasteiger charge is 2.25. The van der Waals surface area contributed by atoms with Crippen LogP contribution in [0.5, 0.6) is 0 Å². The second kappa shape index (κ2) is 37.2. The monoisotopic (exact) mass is 735 g/mol. The predicted octanol–water partition coefficient (Wildman–Crippen LogP) is 10.7. The number of phosphoric acid groups is 1. The van der Waals surface area contributed by atoms with Crippen molar-refractivity contribution in [3.05, 3.63) is 72.9 Å². The number of nitrogens with two attached hydrogens (primary N) is 1. The van der Waals surface area contributed by atoms with Gasteiger partial charge in [-0.1, -0.05) is 119 Å². The predicted molar refractivity (Wildman–Crippen MR) is 210 cm³/mol. The number of carbonyl (C=O) groups is 2. The van der Waals surface area contributed by atoms with E-state index in [9.17, 15) is 19.0 Å². The molecular formula is C41H70NO8P. The number of esters is 2. The van der Waals surface area contributed by atoms with Crippen LogP contribution in [0.3, 0.4) is 0 Å². The van der Waals surface area contributed by atoms with Crippen LogP contribution in [0.25, 0.3) is 0 Å². The Morgan fingerprint density at radius 3 is 1.65 bits per heavy atom. The van der Waals surface area contributed by atoms with Crippen molar-refractivity contribution in [1.82, 2.24) is 0 Å². The van der Waals surface area contributed by atoms with Crippen molar-refractivity contribution in [2.45, 2.75) is 148 Å². The molecule has 0 amide bonds. The van der Waals surface area contributed by atoms with Crippen LogP contribution >= 0.6 is 7.82 Å². The number of hydrogen-bond donors (Lipinski definition) is 2. The Balaban J connectivity index is 4.33. The lowest BCUT2D eigenvalue weighted by Crippen LogP contribution is -2.29. The van der Waals surface area contributed by atoms with Gasteiger partial charge in [-0.25, -0.2) is 4.57 Å². The molecule has 0 fully saturated rings. The molecule has 0 bridgehead atoms. The fraction of sp³-hybridized carbons (Fsp3) is 0.659. The SMILES string of the molecule is CC/C=C\C/C=C\C/C=C\CCCCCCCC(=O)OC[C@H](COP(=O)(O)OCCN)OC(=O)CCCC/C=C\C/C=C\C/C=C\CCCCC. The Labute approximate surface area is 310 Å². The number of allylic oxidation sites excluding steroid dienone is 12. The van der Waals surface area contributed by atoms with Gasteiger partial charge in [0, 0.05) is 19.4 Å². The van der Waals surface area contributed by atoms with E-state index in [0.717, 1.165) is 83.5 Å². The molecule has 51 heavy (non-hydrogen) atoms. The summed E-state index contributed by atoms with van der Waals surface area (Å²) in [6.07, 6.45) is 43.6.